The van der Waals surface area contributed by atoms with Crippen molar-refractivity contribution in [2.75, 3.05) is 6.54 Å². The first-order valence-corrected chi connectivity index (χ1v) is 8.44. The maximum Gasteiger partial charge on any atom is 0.227 e. The van der Waals surface area contributed by atoms with Gasteiger partial charge in [0.25, 0.3) is 0 Å². The van der Waals surface area contributed by atoms with Crippen LogP contribution < -0.4 is 0 Å². The fourth-order valence-electron chi connectivity index (χ4n) is 3.76. The topological polar surface area (TPSA) is 49.0 Å². The quantitative estimate of drug-likeness (QED) is 0.935. The highest BCUT2D eigenvalue weighted by Gasteiger charge is 2.39. The molecule has 1 fully saturated rings. The van der Waals surface area contributed by atoms with Gasteiger partial charge in [0.1, 0.15) is 5.82 Å². The lowest BCUT2D eigenvalue weighted by atomic mass is 9.89. The highest BCUT2D eigenvalue weighted by atomic mass is 19.1. The second kappa shape index (κ2) is 6.38. The van der Waals surface area contributed by atoms with E-state index in [4.69, 9.17) is 0 Å². The van der Waals surface area contributed by atoms with Crippen molar-refractivity contribution in [1.82, 2.24) is 15.1 Å². The number of benzene rings is 1. The van der Waals surface area contributed by atoms with Crippen molar-refractivity contribution in [3.8, 4) is 0 Å². The Bertz CT molecular complexity index is 718. The van der Waals surface area contributed by atoms with Crippen LogP contribution in [-0.4, -0.2) is 33.1 Å². The van der Waals surface area contributed by atoms with Gasteiger partial charge >= 0.3 is 0 Å². The summed E-state index contributed by atoms with van der Waals surface area (Å²) in [5.41, 5.74) is 3.70. The fraction of sp³-hybridized carbons (Fsp3) is 0.474. The predicted molar refractivity (Wildman–Crippen MR) is 91.2 cm³/mol. The number of nitrogens with one attached hydrogen (secondary N) is 1. The van der Waals surface area contributed by atoms with Gasteiger partial charge in [-0.05, 0) is 57.7 Å². The van der Waals surface area contributed by atoms with Crippen molar-refractivity contribution < 1.29 is 9.18 Å². The SMILES string of the molecule is Cc1n[nH]c(C)c1CC(=O)N1CCCC1(C)Cc1ccc(F)cc1. The largest absolute Gasteiger partial charge is 0.337 e. The number of likely N-dealkylation sites (tertiary alicyclic amines) is 1. The van der Waals surface area contributed by atoms with Crippen LogP contribution in [0.1, 0.15) is 42.3 Å². The third-order valence-corrected chi connectivity index (χ3v) is 5.16. The van der Waals surface area contributed by atoms with Gasteiger partial charge in [-0.25, -0.2) is 4.39 Å². The Morgan fingerprint density at radius 3 is 2.67 bits per heavy atom. The molecule has 24 heavy (non-hydrogen) atoms. The molecule has 0 saturated carbocycles. The molecule has 128 valence electrons. The van der Waals surface area contributed by atoms with Crippen LogP contribution >= 0.6 is 0 Å². The van der Waals surface area contributed by atoms with E-state index in [0.29, 0.717) is 6.42 Å². The third-order valence-electron chi connectivity index (χ3n) is 5.16. The predicted octanol–water partition coefficient (Wildman–Crippen LogP) is 3.33. The van der Waals surface area contributed by atoms with Crippen LogP contribution in [0.3, 0.4) is 0 Å². The number of aromatic amines is 1. The van der Waals surface area contributed by atoms with Crippen molar-refractivity contribution in [3.63, 3.8) is 0 Å². The molecule has 0 radical (unpaired) electrons. The molecule has 1 saturated heterocycles. The van der Waals surface area contributed by atoms with Gasteiger partial charge in [-0.2, -0.15) is 5.10 Å². The Morgan fingerprint density at radius 2 is 2.04 bits per heavy atom. The number of H-pyrrole nitrogens is 1. The number of carbonyl (C=O) groups excluding carboxylic acids is 1. The van der Waals surface area contributed by atoms with E-state index < -0.39 is 0 Å². The van der Waals surface area contributed by atoms with Crippen LogP contribution in [0, 0.1) is 19.7 Å². The minimum Gasteiger partial charge on any atom is -0.337 e. The van der Waals surface area contributed by atoms with E-state index in [0.717, 1.165) is 48.3 Å². The molecule has 0 bridgehead atoms. The normalized spacial score (nSPS) is 20.6. The Morgan fingerprint density at radius 1 is 1.33 bits per heavy atom. The molecule has 2 aromatic rings. The molecule has 4 nitrogen and oxygen atoms in total. The molecule has 1 N–H and O–H groups in total. The molecule has 1 aliphatic rings. The van der Waals surface area contributed by atoms with E-state index in [1.165, 1.54) is 12.1 Å². The molecule has 1 amide bonds. The average molecular weight is 329 g/mol. The van der Waals surface area contributed by atoms with E-state index in [2.05, 4.69) is 17.1 Å². The van der Waals surface area contributed by atoms with Gasteiger partial charge in [0, 0.05) is 23.3 Å². The fourth-order valence-corrected chi connectivity index (χ4v) is 3.76. The van der Waals surface area contributed by atoms with E-state index in [9.17, 15) is 9.18 Å². The van der Waals surface area contributed by atoms with Gasteiger partial charge in [0.05, 0.1) is 12.1 Å². The Kier molecular flexibility index (Phi) is 4.43. The summed E-state index contributed by atoms with van der Waals surface area (Å²) in [4.78, 5) is 14.9. The lowest BCUT2D eigenvalue weighted by Crippen LogP contribution is -2.47. The van der Waals surface area contributed by atoms with Gasteiger partial charge in [-0.15, -0.1) is 0 Å². The van der Waals surface area contributed by atoms with E-state index >= 15 is 0 Å². The molecule has 1 aromatic carbocycles. The van der Waals surface area contributed by atoms with Crippen LogP contribution in [0.25, 0.3) is 0 Å². The molecule has 1 aliphatic heterocycles. The number of rotatable bonds is 4. The summed E-state index contributed by atoms with van der Waals surface area (Å²) in [6.07, 6.45) is 3.11. The first-order valence-electron chi connectivity index (χ1n) is 8.44. The van der Waals surface area contributed by atoms with Gasteiger partial charge in [0.15, 0.2) is 0 Å². The molecule has 1 aromatic heterocycles. The van der Waals surface area contributed by atoms with Gasteiger partial charge in [-0.1, -0.05) is 12.1 Å². The number of halogens is 1. The van der Waals surface area contributed by atoms with Crippen molar-refractivity contribution >= 4 is 5.91 Å². The number of hydrogen-bond acceptors (Lipinski definition) is 2. The van der Waals surface area contributed by atoms with E-state index in [-0.39, 0.29) is 17.3 Å². The van der Waals surface area contributed by atoms with Crippen molar-refractivity contribution in [2.24, 2.45) is 0 Å². The number of hydrogen-bond donors (Lipinski definition) is 1. The number of nitrogens with zero attached hydrogens (tertiary/aromatic N) is 2. The zero-order chi connectivity index (χ0) is 17.3. The van der Waals surface area contributed by atoms with Crippen LogP contribution in [0.5, 0.6) is 0 Å². The second-order valence-corrected chi connectivity index (χ2v) is 7.04. The van der Waals surface area contributed by atoms with E-state index in [1.807, 2.05) is 30.9 Å². The minimum atomic E-state index is -0.228. The number of amides is 1. The first kappa shape index (κ1) is 16.7. The molecular formula is C19H24FN3O. The Labute approximate surface area is 142 Å². The molecule has 1 unspecified atom stereocenters. The zero-order valence-corrected chi connectivity index (χ0v) is 14.5. The molecule has 3 rings (SSSR count). The van der Waals surface area contributed by atoms with Gasteiger partial charge < -0.3 is 4.90 Å². The summed E-state index contributed by atoms with van der Waals surface area (Å²) in [7, 11) is 0. The average Bonchev–Trinajstić information content (AvgIpc) is 3.07. The highest BCUT2D eigenvalue weighted by molar-refractivity contribution is 5.80. The van der Waals surface area contributed by atoms with Crippen LogP contribution in [0.2, 0.25) is 0 Å². The molecule has 1 atom stereocenters. The van der Waals surface area contributed by atoms with Crippen LogP contribution in [-0.2, 0) is 17.6 Å². The monoisotopic (exact) mass is 329 g/mol. The Balaban J connectivity index is 1.76. The van der Waals surface area contributed by atoms with Crippen LogP contribution in [0.4, 0.5) is 4.39 Å². The highest BCUT2D eigenvalue weighted by Crippen LogP contribution is 2.33. The lowest BCUT2D eigenvalue weighted by molar-refractivity contribution is -0.134. The Hall–Kier alpha value is -2.17. The van der Waals surface area contributed by atoms with Gasteiger partial charge in [-0.3, -0.25) is 9.89 Å². The maximum atomic E-state index is 13.1. The van der Waals surface area contributed by atoms with Crippen molar-refractivity contribution in [2.45, 2.75) is 52.0 Å². The summed E-state index contributed by atoms with van der Waals surface area (Å²) >= 11 is 0. The number of aromatic nitrogens is 2. The summed E-state index contributed by atoms with van der Waals surface area (Å²) in [6.45, 7) is 6.79. The van der Waals surface area contributed by atoms with Crippen molar-refractivity contribution in [3.05, 3.63) is 52.6 Å². The molecule has 5 heteroatoms. The molecule has 0 spiro atoms. The number of aryl methyl sites for hydroxylation is 2. The second-order valence-electron chi connectivity index (χ2n) is 7.04. The first-order chi connectivity index (χ1) is 11.4. The zero-order valence-electron chi connectivity index (χ0n) is 14.5. The molecular weight excluding hydrogens is 305 g/mol. The summed E-state index contributed by atoms with van der Waals surface area (Å²) < 4.78 is 13.1. The minimum absolute atomic E-state index is 0.143. The smallest absolute Gasteiger partial charge is 0.227 e. The number of carbonyl (C=O) groups is 1. The van der Waals surface area contributed by atoms with Crippen molar-refractivity contribution in [1.29, 1.82) is 0 Å². The molecule has 0 aliphatic carbocycles. The van der Waals surface area contributed by atoms with Gasteiger partial charge in [0.2, 0.25) is 5.91 Å². The summed E-state index contributed by atoms with van der Waals surface area (Å²) in [5, 5.41) is 7.12. The standard InChI is InChI=1S/C19H24FN3O/c1-13-17(14(2)22-21-13)11-18(24)23-10-4-9-19(23,3)12-15-5-7-16(20)8-6-15/h5-8H,4,9-12H2,1-3H3,(H,21,22). The summed E-state index contributed by atoms with van der Waals surface area (Å²) in [5.74, 6) is -0.0844. The van der Waals surface area contributed by atoms with E-state index in [1.54, 1.807) is 0 Å². The third kappa shape index (κ3) is 3.21. The summed E-state index contributed by atoms with van der Waals surface area (Å²) in [6, 6.07) is 6.59. The van der Waals surface area contributed by atoms with Crippen LogP contribution in [0.15, 0.2) is 24.3 Å². The molecule has 2 heterocycles. The lowest BCUT2D eigenvalue weighted by Gasteiger charge is -2.36. The maximum absolute atomic E-state index is 13.1.